The van der Waals surface area contributed by atoms with E-state index in [1.807, 2.05) is 0 Å². The van der Waals surface area contributed by atoms with Crippen LogP contribution in [-0.2, 0) is 19.5 Å². The molecule has 6 rings (SSSR count). The van der Waals surface area contributed by atoms with E-state index in [9.17, 15) is 8.42 Å². The molecule has 6 atom stereocenters. The standard InChI is InChI=1S/C37H63N5O4S/c1-26(2)19-30-25-46-34-21-33(35-27(3)9-6-10-28(35)4)38-36(39-34)40-47(43,44)32-12-7-11-29(20-32)24-42(30)31-22-37(23-31)13-16-41(17-14-37)15-8-18-45-5/h6,9-10,26,29-34,36,38-40H,7-8,11-25H2,1-5H3/t29?,30-,32?,33?,34?,36?/m1/s1. The maximum absolute atomic E-state index is 13.9. The molecule has 1 spiro atoms. The summed E-state index contributed by atoms with van der Waals surface area (Å²) in [6.07, 6.45) is 10.8. The minimum atomic E-state index is -3.53. The largest absolute Gasteiger partial charge is 0.385 e. The number of aryl methyl sites for hydroxylation is 2. The number of methoxy groups -OCH3 is 1. The van der Waals surface area contributed by atoms with Crippen LogP contribution < -0.4 is 15.4 Å². The normalized spacial score (nSPS) is 33.9. The second-order valence-corrected chi connectivity index (χ2v) is 18.2. The number of nitrogens with zero attached hydrogens (tertiary/aromatic N) is 2. The Balaban J connectivity index is 1.23. The fourth-order valence-corrected chi connectivity index (χ4v) is 11.4. The molecule has 2 aliphatic carbocycles. The zero-order valence-electron chi connectivity index (χ0n) is 29.8. The molecule has 5 unspecified atom stereocenters. The van der Waals surface area contributed by atoms with Gasteiger partial charge in [-0.25, -0.2) is 8.42 Å². The third-order valence-corrected chi connectivity index (χ3v) is 14.1. The van der Waals surface area contributed by atoms with Crippen molar-refractivity contribution in [2.24, 2.45) is 17.3 Å². The SMILES string of the molecule is COCCCN1CCC2(CC1)CC(N1CC3CCCC(C3)S(=O)(=O)NC3NC(CC(c4c(C)cccc4C)N3)OC[C@H]1CC(C)C)C2. The Labute approximate surface area is 285 Å². The lowest BCUT2D eigenvalue weighted by Gasteiger charge is -2.57. The molecule has 5 aliphatic rings. The van der Waals surface area contributed by atoms with Crippen molar-refractivity contribution in [1.82, 2.24) is 25.2 Å². The molecule has 3 saturated heterocycles. The number of piperidine rings is 1. The van der Waals surface area contributed by atoms with Crippen molar-refractivity contribution in [2.45, 2.75) is 134 Å². The molecule has 0 aromatic heterocycles. The molecule has 2 saturated carbocycles. The Morgan fingerprint density at radius 1 is 1.06 bits per heavy atom. The summed E-state index contributed by atoms with van der Waals surface area (Å²) in [6, 6.07) is 7.27. The van der Waals surface area contributed by atoms with Crippen LogP contribution in [0.3, 0.4) is 0 Å². The molecule has 5 fully saturated rings. The van der Waals surface area contributed by atoms with E-state index in [-0.39, 0.29) is 17.5 Å². The highest BCUT2D eigenvalue weighted by Crippen LogP contribution is 2.52. The number of fused-ring (bicyclic) bond motifs is 4. The van der Waals surface area contributed by atoms with E-state index < -0.39 is 16.3 Å². The molecule has 10 heteroatoms. The smallest absolute Gasteiger partial charge is 0.216 e. The zero-order valence-corrected chi connectivity index (χ0v) is 30.6. The van der Waals surface area contributed by atoms with Crippen molar-refractivity contribution >= 4 is 10.0 Å². The highest BCUT2D eigenvalue weighted by molar-refractivity contribution is 7.90. The van der Waals surface area contributed by atoms with E-state index in [2.05, 4.69) is 71.0 Å². The van der Waals surface area contributed by atoms with Crippen LogP contribution in [0.15, 0.2) is 18.2 Å². The van der Waals surface area contributed by atoms with E-state index in [4.69, 9.17) is 9.47 Å². The zero-order chi connectivity index (χ0) is 33.2. The van der Waals surface area contributed by atoms with Crippen LogP contribution in [0.25, 0.3) is 0 Å². The number of likely N-dealkylation sites (tertiary alicyclic amines) is 1. The van der Waals surface area contributed by atoms with Gasteiger partial charge in [0.1, 0.15) is 12.5 Å². The molecule has 3 N–H and O–H groups in total. The Morgan fingerprint density at radius 2 is 1.81 bits per heavy atom. The quantitative estimate of drug-likeness (QED) is 0.331. The first-order chi connectivity index (χ1) is 22.5. The third-order valence-electron chi connectivity index (χ3n) is 12.2. The van der Waals surface area contributed by atoms with Gasteiger partial charge in [0.05, 0.1) is 11.9 Å². The maximum Gasteiger partial charge on any atom is 0.216 e. The monoisotopic (exact) mass is 673 g/mol. The van der Waals surface area contributed by atoms with Crippen LogP contribution in [0, 0.1) is 31.1 Å². The van der Waals surface area contributed by atoms with E-state index in [1.54, 1.807) is 7.11 Å². The summed E-state index contributed by atoms with van der Waals surface area (Å²) >= 11 is 0. The summed E-state index contributed by atoms with van der Waals surface area (Å²) < 4.78 is 43.1. The van der Waals surface area contributed by atoms with Crippen LogP contribution in [0.4, 0.5) is 0 Å². The summed E-state index contributed by atoms with van der Waals surface area (Å²) in [5.74, 6) is 0.950. The third kappa shape index (κ3) is 8.62. The number of nitrogens with one attached hydrogen (secondary N) is 3. The van der Waals surface area contributed by atoms with Gasteiger partial charge in [-0.1, -0.05) is 38.5 Å². The van der Waals surface area contributed by atoms with Gasteiger partial charge < -0.3 is 14.4 Å². The first kappa shape index (κ1) is 35.7. The molecule has 1 aromatic carbocycles. The van der Waals surface area contributed by atoms with Crippen molar-refractivity contribution in [1.29, 1.82) is 0 Å². The van der Waals surface area contributed by atoms with Gasteiger partial charge in [-0.15, -0.1) is 0 Å². The second-order valence-electron chi connectivity index (χ2n) is 16.2. The number of hydrogen-bond donors (Lipinski definition) is 3. The number of rotatable bonds is 8. The Bertz CT molecular complexity index is 1260. The molecular formula is C37H63N5O4S. The molecule has 0 amide bonds. The molecule has 0 radical (unpaired) electrons. The summed E-state index contributed by atoms with van der Waals surface area (Å²) in [6.45, 7) is 15.0. The average Bonchev–Trinajstić information content (AvgIpc) is 3.01. The van der Waals surface area contributed by atoms with Gasteiger partial charge in [-0.3, -0.25) is 15.5 Å². The van der Waals surface area contributed by atoms with E-state index in [0.29, 0.717) is 35.9 Å². The fraction of sp³-hybridized carbons (Fsp3) is 0.838. The van der Waals surface area contributed by atoms with Crippen LogP contribution >= 0.6 is 0 Å². The minimum absolute atomic E-state index is 0.00844. The van der Waals surface area contributed by atoms with Crippen LogP contribution in [0.1, 0.15) is 107 Å². The molecule has 3 heterocycles. The van der Waals surface area contributed by atoms with Crippen molar-refractivity contribution < 1.29 is 17.9 Å². The fourth-order valence-electron chi connectivity index (χ4n) is 9.73. The van der Waals surface area contributed by atoms with Gasteiger partial charge in [0, 0.05) is 51.4 Å². The van der Waals surface area contributed by atoms with Crippen LogP contribution in [-0.4, -0.2) is 94.6 Å². The lowest BCUT2D eigenvalue weighted by atomic mass is 9.59. The van der Waals surface area contributed by atoms with E-state index in [0.717, 1.165) is 64.6 Å². The maximum atomic E-state index is 13.9. The Hall–Kier alpha value is -1.11. The Kier molecular flexibility index (Phi) is 11.7. The van der Waals surface area contributed by atoms with Crippen molar-refractivity contribution in [3.63, 3.8) is 0 Å². The van der Waals surface area contributed by atoms with E-state index >= 15 is 0 Å². The van der Waals surface area contributed by atoms with Gasteiger partial charge in [-0.05, 0) is 119 Å². The van der Waals surface area contributed by atoms with Crippen LogP contribution in [0.5, 0.6) is 0 Å². The number of benzene rings is 1. The molecule has 3 aliphatic heterocycles. The highest BCUT2D eigenvalue weighted by Gasteiger charge is 2.50. The first-order valence-corrected chi connectivity index (χ1v) is 20.3. The molecule has 1 aromatic rings. The lowest BCUT2D eigenvalue weighted by Crippen LogP contribution is -2.64. The van der Waals surface area contributed by atoms with Gasteiger partial charge in [0.15, 0.2) is 0 Å². The summed E-state index contributed by atoms with van der Waals surface area (Å²) in [5.41, 5.74) is 4.17. The molecule has 266 valence electrons. The highest BCUT2D eigenvalue weighted by atomic mass is 32.2. The number of sulfonamides is 1. The molecule has 47 heavy (non-hydrogen) atoms. The number of hydrogen-bond acceptors (Lipinski definition) is 8. The molecule has 4 bridgehead atoms. The van der Waals surface area contributed by atoms with Gasteiger partial charge in [0.25, 0.3) is 0 Å². The number of ether oxygens (including phenoxy) is 2. The topological polar surface area (TPSA) is 95.2 Å². The van der Waals surface area contributed by atoms with E-state index in [1.165, 1.54) is 55.5 Å². The van der Waals surface area contributed by atoms with Crippen molar-refractivity contribution in [2.75, 3.05) is 46.5 Å². The van der Waals surface area contributed by atoms with Gasteiger partial charge in [0.2, 0.25) is 10.0 Å². The lowest BCUT2D eigenvalue weighted by molar-refractivity contribution is -0.0952. The summed E-state index contributed by atoms with van der Waals surface area (Å²) in [7, 11) is -1.74. The summed E-state index contributed by atoms with van der Waals surface area (Å²) in [5, 5.41) is 6.78. The predicted molar refractivity (Wildman–Crippen MR) is 188 cm³/mol. The average molecular weight is 674 g/mol. The first-order valence-electron chi connectivity index (χ1n) is 18.7. The minimum Gasteiger partial charge on any atom is -0.385 e. The Morgan fingerprint density at radius 3 is 2.51 bits per heavy atom. The second kappa shape index (κ2) is 15.4. The molecular weight excluding hydrogens is 611 g/mol. The van der Waals surface area contributed by atoms with Crippen LogP contribution in [0.2, 0.25) is 0 Å². The predicted octanol–water partition coefficient (Wildman–Crippen LogP) is 5.04. The van der Waals surface area contributed by atoms with Gasteiger partial charge >= 0.3 is 0 Å². The van der Waals surface area contributed by atoms with Crippen molar-refractivity contribution in [3.05, 3.63) is 34.9 Å². The van der Waals surface area contributed by atoms with Gasteiger partial charge in [-0.2, -0.15) is 4.72 Å². The summed E-state index contributed by atoms with van der Waals surface area (Å²) in [4.78, 5) is 5.45. The molecule has 9 nitrogen and oxygen atoms in total. The van der Waals surface area contributed by atoms with Crippen molar-refractivity contribution in [3.8, 4) is 0 Å².